The minimum atomic E-state index is -0.245. The Morgan fingerprint density at radius 3 is 2.92 bits per heavy atom. The summed E-state index contributed by atoms with van der Waals surface area (Å²) in [6.45, 7) is 4.04. The molecule has 124 valence electrons. The van der Waals surface area contributed by atoms with E-state index in [1.807, 2.05) is 44.2 Å². The predicted molar refractivity (Wildman–Crippen MR) is 99.5 cm³/mol. The van der Waals surface area contributed by atoms with Crippen LogP contribution < -0.4 is 11.0 Å². The van der Waals surface area contributed by atoms with Crippen LogP contribution in [0.25, 0.3) is 10.2 Å². The Hall–Kier alpha value is -2.12. The Morgan fingerprint density at radius 1 is 1.38 bits per heavy atom. The van der Waals surface area contributed by atoms with E-state index in [9.17, 15) is 9.59 Å². The number of thioether (sulfide) groups is 1. The van der Waals surface area contributed by atoms with Gasteiger partial charge in [0.05, 0.1) is 11.1 Å². The average molecular weight is 359 g/mol. The third-order valence-electron chi connectivity index (χ3n) is 3.55. The fraction of sp³-hybridized carbons (Fsp3) is 0.235. The lowest BCUT2D eigenvalue weighted by atomic mass is 10.2. The van der Waals surface area contributed by atoms with Crippen molar-refractivity contribution < 1.29 is 4.79 Å². The van der Waals surface area contributed by atoms with Gasteiger partial charge >= 0.3 is 0 Å². The largest absolute Gasteiger partial charge is 0.280 e. The summed E-state index contributed by atoms with van der Waals surface area (Å²) < 4.78 is 1.16. The van der Waals surface area contributed by atoms with Crippen LogP contribution in [-0.4, -0.2) is 21.3 Å². The summed E-state index contributed by atoms with van der Waals surface area (Å²) in [5, 5.41) is 0.547. The number of fused-ring (bicyclic) bond motifs is 1. The molecular formula is C17H17N3O2S2. The van der Waals surface area contributed by atoms with E-state index in [2.05, 4.69) is 10.4 Å². The summed E-state index contributed by atoms with van der Waals surface area (Å²) in [7, 11) is 0. The van der Waals surface area contributed by atoms with Crippen LogP contribution in [0, 0.1) is 6.92 Å². The van der Waals surface area contributed by atoms with E-state index in [1.54, 1.807) is 0 Å². The molecule has 0 saturated carbocycles. The molecule has 24 heavy (non-hydrogen) atoms. The predicted octanol–water partition coefficient (Wildman–Crippen LogP) is 3.19. The van der Waals surface area contributed by atoms with Gasteiger partial charge in [-0.05, 0) is 31.0 Å². The SMILES string of the molecule is CCc1cc2c(=O)n(NC(=O)CSc3ccccc3C)cnc2s1. The molecule has 0 atom stereocenters. The van der Waals surface area contributed by atoms with E-state index >= 15 is 0 Å². The van der Waals surface area contributed by atoms with E-state index in [1.165, 1.54) is 29.4 Å². The van der Waals surface area contributed by atoms with Crippen molar-refractivity contribution in [2.75, 3.05) is 11.2 Å². The number of aromatic nitrogens is 2. The summed E-state index contributed by atoms with van der Waals surface area (Å²) in [5.74, 6) is -0.00318. The summed E-state index contributed by atoms with van der Waals surface area (Å²) in [6.07, 6.45) is 2.23. The number of nitrogens with zero attached hydrogens (tertiary/aromatic N) is 2. The molecule has 0 saturated heterocycles. The molecule has 1 N–H and O–H groups in total. The molecular weight excluding hydrogens is 342 g/mol. The van der Waals surface area contributed by atoms with Gasteiger partial charge < -0.3 is 0 Å². The zero-order valence-electron chi connectivity index (χ0n) is 13.4. The van der Waals surface area contributed by atoms with Crippen molar-refractivity contribution in [2.45, 2.75) is 25.2 Å². The molecule has 0 fully saturated rings. The van der Waals surface area contributed by atoms with E-state index < -0.39 is 0 Å². The maximum atomic E-state index is 12.4. The Balaban J connectivity index is 1.72. The quantitative estimate of drug-likeness (QED) is 0.711. The van der Waals surface area contributed by atoms with Crippen molar-refractivity contribution >= 4 is 39.2 Å². The summed E-state index contributed by atoms with van der Waals surface area (Å²) in [6, 6.07) is 9.73. The number of thiophene rings is 1. The fourth-order valence-corrected chi connectivity index (χ4v) is 4.00. The standard InChI is InChI=1S/C17H17N3O2S2/c1-3-12-8-13-16(24-12)18-10-20(17(13)22)19-15(21)9-23-14-7-5-4-6-11(14)2/h4-8,10H,3,9H2,1-2H3,(H,19,21). The second-order valence-electron chi connectivity index (χ2n) is 5.29. The van der Waals surface area contributed by atoms with Gasteiger partial charge in [0.2, 0.25) is 5.91 Å². The highest BCUT2D eigenvalue weighted by Crippen LogP contribution is 2.22. The molecule has 0 unspecified atom stereocenters. The smallest absolute Gasteiger partial charge is 0.272 e. The highest BCUT2D eigenvalue weighted by atomic mass is 32.2. The first kappa shape index (κ1) is 16.7. The highest BCUT2D eigenvalue weighted by molar-refractivity contribution is 8.00. The van der Waals surface area contributed by atoms with Gasteiger partial charge in [-0.1, -0.05) is 25.1 Å². The lowest BCUT2D eigenvalue weighted by Gasteiger charge is -2.08. The molecule has 0 aliphatic heterocycles. The number of rotatable bonds is 5. The van der Waals surface area contributed by atoms with E-state index in [-0.39, 0.29) is 17.2 Å². The maximum Gasteiger partial charge on any atom is 0.280 e. The van der Waals surface area contributed by atoms with Crippen LogP contribution in [0.5, 0.6) is 0 Å². The first-order valence-electron chi connectivity index (χ1n) is 7.57. The normalized spacial score (nSPS) is 10.9. The van der Waals surface area contributed by atoms with Crippen LogP contribution in [0.4, 0.5) is 0 Å². The Labute approximate surface area is 147 Å². The minimum Gasteiger partial charge on any atom is -0.272 e. The highest BCUT2D eigenvalue weighted by Gasteiger charge is 2.11. The Bertz CT molecular complexity index is 946. The zero-order chi connectivity index (χ0) is 17.1. The second kappa shape index (κ2) is 7.19. The number of carbonyl (C=O) groups is 1. The number of hydrogen-bond acceptors (Lipinski definition) is 5. The van der Waals surface area contributed by atoms with Gasteiger partial charge in [0.15, 0.2) is 0 Å². The van der Waals surface area contributed by atoms with Crippen LogP contribution in [0.15, 0.2) is 46.3 Å². The Morgan fingerprint density at radius 2 is 2.17 bits per heavy atom. The molecule has 0 spiro atoms. The second-order valence-corrected chi connectivity index (χ2v) is 7.43. The average Bonchev–Trinajstić information content (AvgIpc) is 3.01. The summed E-state index contributed by atoms with van der Waals surface area (Å²) >= 11 is 2.95. The van der Waals surface area contributed by atoms with Crippen LogP contribution in [-0.2, 0) is 11.2 Å². The molecule has 1 aromatic carbocycles. The first-order chi connectivity index (χ1) is 11.6. The summed E-state index contributed by atoms with van der Waals surface area (Å²) in [4.78, 5) is 31.7. The number of benzene rings is 1. The number of aryl methyl sites for hydroxylation is 2. The molecule has 2 aromatic heterocycles. The van der Waals surface area contributed by atoms with Gasteiger partial charge in [0, 0.05) is 9.77 Å². The third-order valence-corrected chi connectivity index (χ3v) is 5.91. The van der Waals surface area contributed by atoms with Crippen molar-refractivity contribution in [2.24, 2.45) is 0 Å². The molecule has 1 amide bonds. The lowest BCUT2D eigenvalue weighted by Crippen LogP contribution is -2.33. The van der Waals surface area contributed by atoms with Crippen LogP contribution in [0.1, 0.15) is 17.4 Å². The van der Waals surface area contributed by atoms with Crippen molar-refractivity contribution in [3.63, 3.8) is 0 Å². The molecule has 0 bridgehead atoms. The van der Waals surface area contributed by atoms with Gasteiger partial charge in [-0.3, -0.25) is 15.0 Å². The molecule has 3 rings (SSSR count). The molecule has 7 heteroatoms. The van der Waals surface area contributed by atoms with Crippen LogP contribution >= 0.6 is 23.1 Å². The molecule has 0 radical (unpaired) electrons. The van der Waals surface area contributed by atoms with Crippen LogP contribution in [0.3, 0.4) is 0 Å². The van der Waals surface area contributed by atoms with Gasteiger partial charge in [-0.15, -0.1) is 23.1 Å². The monoisotopic (exact) mass is 359 g/mol. The lowest BCUT2D eigenvalue weighted by molar-refractivity contribution is -0.114. The molecule has 5 nitrogen and oxygen atoms in total. The van der Waals surface area contributed by atoms with Gasteiger partial charge in [-0.25, -0.2) is 9.66 Å². The molecule has 3 aromatic rings. The molecule has 0 aliphatic carbocycles. The third kappa shape index (κ3) is 3.52. The minimum absolute atomic E-state index is 0.235. The molecule has 2 heterocycles. The maximum absolute atomic E-state index is 12.4. The van der Waals surface area contributed by atoms with Crippen molar-refractivity contribution in [1.82, 2.24) is 9.66 Å². The van der Waals surface area contributed by atoms with Crippen molar-refractivity contribution in [1.29, 1.82) is 0 Å². The van der Waals surface area contributed by atoms with Crippen LogP contribution in [0.2, 0.25) is 0 Å². The molecule has 0 aliphatic rings. The first-order valence-corrected chi connectivity index (χ1v) is 9.37. The van der Waals surface area contributed by atoms with Crippen molar-refractivity contribution in [3.05, 3.63) is 57.5 Å². The number of nitrogens with one attached hydrogen (secondary N) is 1. The Kier molecular flexibility index (Phi) is 5.01. The van der Waals surface area contributed by atoms with E-state index in [4.69, 9.17) is 0 Å². The fourth-order valence-electron chi connectivity index (χ4n) is 2.25. The zero-order valence-corrected chi connectivity index (χ0v) is 15.0. The van der Waals surface area contributed by atoms with E-state index in [0.717, 1.165) is 26.4 Å². The van der Waals surface area contributed by atoms with Gasteiger partial charge in [-0.2, -0.15) is 0 Å². The van der Waals surface area contributed by atoms with E-state index in [0.29, 0.717) is 10.2 Å². The summed E-state index contributed by atoms with van der Waals surface area (Å²) in [5.41, 5.74) is 3.49. The topological polar surface area (TPSA) is 64.0 Å². The van der Waals surface area contributed by atoms with Crippen molar-refractivity contribution in [3.8, 4) is 0 Å². The van der Waals surface area contributed by atoms with Gasteiger partial charge in [0.25, 0.3) is 5.56 Å². The number of carbonyl (C=O) groups excluding carboxylic acids is 1. The number of amides is 1. The van der Waals surface area contributed by atoms with Gasteiger partial charge in [0.1, 0.15) is 11.2 Å². The number of hydrogen-bond donors (Lipinski definition) is 1.